The molecule has 0 N–H and O–H groups in total. The zero-order valence-corrected chi connectivity index (χ0v) is 14.0. The van der Waals surface area contributed by atoms with Crippen molar-refractivity contribution in [2.24, 2.45) is 0 Å². The summed E-state index contributed by atoms with van der Waals surface area (Å²) in [6.45, 7) is 5.57. The molecule has 8 nitrogen and oxygen atoms in total. The Hall–Kier alpha value is -2.74. The Bertz CT molecular complexity index is 900. The largest absolute Gasteiger partial charge is 0.337 e. The van der Waals surface area contributed by atoms with Crippen molar-refractivity contribution in [3.05, 3.63) is 56.7 Å². The molecule has 1 unspecified atom stereocenters. The third-order valence-electron chi connectivity index (χ3n) is 3.74. The Morgan fingerprint density at radius 3 is 2.50 bits per heavy atom. The zero-order chi connectivity index (χ0) is 17.4. The van der Waals surface area contributed by atoms with Crippen molar-refractivity contribution in [3.8, 4) is 11.4 Å². The summed E-state index contributed by atoms with van der Waals surface area (Å²) in [6.07, 6.45) is 0. The molecule has 3 rings (SSSR count). The molecule has 0 aliphatic rings. The maximum absolute atomic E-state index is 10.7. The van der Waals surface area contributed by atoms with Crippen LogP contribution in [-0.4, -0.2) is 24.8 Å². The van der Waals surface area contributed by atoms with Crippen molar-refractivity contribution in [2.75, 3.05) is 0 Å². The molecule has 9 heteroatoms. The average Bonchev–Trinajstić information content (AvgIpc) is 3.16. The second-order valence-corrected chi connectivity index (χ2v) is 5.74. The minimum absolute atomic E-state index is 0.00752. The van der Waals surface area contributed by atoms with Crippen LogP contribution in [0.25, 0.3) is 11.4 Å². The van der Waals surface area contributed by atoms with E-state index >= 15 is 0 Å². The number of hydrogen-bond acceptors (Lipinski definition) is 6. The van der Waals surface area contributed by atoms with Gasteiger partial charge in [0, 0.05) is 17.7 Å². The van der Waals surface area contributed by atoms with Gasteiger partial charge < -0.3 is 4.52 Å². The van der Waals surface area contributed by atoms with Gasteiger partial charge in [-0.1, -0.05) is 16.8 Å². The van der Waals surface area contributed by atoms with E-state index in [1.54, 1.807) is 16.8 Å². The van der Waals surface area contributed by atoms with Gasteiger partial charge in [-0.15, -0.1) is 0 Å². The highest BCUT2D eigenvalue weighted by molar-refractivity contribution is 6.31. The van der Waals surface area contributed by atoms with Gasteiger partial charge in [0.05, 0.1) is 21.3 Å². The van der Waals surface area contributed by atoms with E-state index in [1.165, 1.54) is 12.1 Å². The molecule has 1 aromatic carbocycles. The molecule has 2 aromatic heterocycles. The number of nitrogens with zero attached hydrogens (tertiary/aromatic N) is 5. The number of aryl methyl sites for hydroxylation is 1. The Kier molecular flexibility index (Phi) is 4.06. The first-order chi connectivity index (χ1) is 11.4. The number of nitro groups is 1. The van der Waals surface area contributed by atoms with Gasteiger partial charge in [0.15, 0.2) is 0 Å². The molecule has 0 saturated carbocycles. The van der Waals surface area contributed by atoms with Gasteiger partial charge >= 0.3 is 0 Å². The molecule has 0 saturated heterocycles. The molecule has 0 radical (unpaired) electrons. The summed E-state index contributed by atoms with van der Waals surface area (Å²) in [6, 6.07) is 5.68. The summed E-state index contributed by atoms with van der Waals surface area (Å²) in [4.78, 5) is 14.6. The van der Waals surface area contributed by atoms with Crippen LogP contribution in [0.5, 0.6) is 0 Å². The summed E-state index contributed by atoms with van der Waals surface area (Å²) in [7, 11) is 0. The number of halogens is 1. The average molecular weight is 348 g/mol. The van der Waals surface area contributed by atoms with Gasteiger partial charge in [0.25, 0.3) is 11.6 Å². The Morgan fingerprint density at radius 1 is 1.29 bits per heavy atom. The lowest BCUT2D eigenvalue weighted by atomic mass is 10.2. The molecule has 0 aliphatic carbocycles. The first-order valence-corrected chi connectivity index (χ1v) is 7.56. The van der Waals surface area contributed by atoms with Crippen molar-refractivity contribution in [1.29, 1.82) is 0 Å². The van der Waals surface area contributed by atoms with Gasteiger partial charge in [0.1, 0.15) is 6.04 Å². The summed E-state index contributed by atoms with van der Waals surface area (Å²) in [5.41, 5.74) is 2.19. The minimum atomic E-state index is -0.458. The fourth-order valence-electron chi connectivity index (χ4n) is 2.38. The van der Waals surface area contributed by atoms with Crippen LogP contribution in [0.1, 0.15) is 30.2 Å². The van der Waals surface area contributed by atoms with Crippen LogP contribution in [-0.2, 0) is 0 Å². The number of hydrogen-bond donors (Lipinski definition) is 0. The molecular weight excluding hydrogens is 334 g/mol. The van der Waals surface area contributed by atoms with E-state index in [-0.39, 0.29) is 11.7 Å². The van der Waals surface area contributed by atoms with Gasteiger partial charge in [-0.05, 0) is 32.9 Å². The second-order valence-electron chi connectivity index (χ2n) is 5.37. The van der Waals surface area contributed by atoms with Crippen molar-refractivity contribution in [2.45, 2.75) is 26.8 Å². The van der Waals surface area contributed by atoms with E-state index in [2.05, 4.69) is 15.2 Å². The molecule has 24 heavy (non-hydrogen) atoms. The molecule has 0 spiro atoms. The minimum Gasteiger partial charge on any atom is -0.337 e. The summed E-state index contributed by atoms with van der Waals surface area (Å²) in [5.74, 6) is 0.741. The lowest BCUT2D eigenvalue weighted by molar-refractivity contribution is -0.384. The van der Waals surface area contributed by atoms with Crippen molar-refractivity contribution in [1.82, 2.24) is 19.9 Å². The summed E-state index contributed by atoms with van der Waals surface area (Å²) in [5, 5.41) is 19.6. The standard InChI is InChI=1S/C15H14ClN5O3/c1-8-13(16)9(2)20(18-8)10(3)15-17-14(19-24-15)11-4-6-12(7-5-11)21(22)23/h4-7,10H,1-3H3. The predicted octanol–water partition coefficient (Wildman–Crippen LogP) is 3.72. The molecule has 0 aliphatic heterocycles. The highest BCUT2D eigenvalue weighted by Gasteiger charge is 2.21. The molecule has 3 aromatic rings. The van der Waals surface area contributed by atoms with Crippen LogP contribution in [0.4, 0.5) is 5.69 Å². The molecule has 0 fully saturated rings. The fraction of sp³-hybridized carbons (Fsp3) is 0.267. The molecule has 0 amide bonds. The third kappa shape index (κ3) is 2.76. The number of nitro benzene ring substituents is 1. The topological polar surface area (TPSA) is 99.9 Å². The van der Waals surface area contributed by atoms with Crippen LogP contribution in [0, 0.1) is 24.0 Å². The smallest absolute Gasteiger partial charge is 0.269 e. The Morgan fingerprint density at radius 2 is 1.96 bits per heavy atom. The van der Waals surface area contributed by atoms with E-state index in [0.717, 1.165) is 11.4 Å². The molecule has 0 bridgehead atoms. The molecule has 124 valence electrons. The second kappa shape index (κ2) is 6.04. The van der Waals surface area contributed by atoms with E-state index in [0.29, 0.717) is 22.3 Å². The SMILES string of the molecule is Cc1nn(C(C)c2nc(-c3ccc([N+](=O)[O-])cc3)no2)c(C)c1Cl. The lowest BCUT2D eigenvalue weighted by Crippen LogP contribution is -2.10. The molecule has 1 atom stereocenters. The van der Waals surface area contributed by atoms with Crippen LogP contribution in [0.15, 0.2) is 28.8 Å². The maximum atomic E-state index is 10.7. The van der Waals surface area contributed by atoms with Crippen LogP contribution >= 0.6 is 11.6 Å². The van der Waals surface area contributed by atoms with Crippen molar-refractivity contribution in [3.63, 3.8) is 0 Å². The lowest BCUT2D eigenvalue weighted by Gasteiger charge is -2.09. The quantitative estimate of drug-likeness (QED) is 0.526. The van der Waals surface area contributed by atoms with E-state index in [1.807, 2.05) is 20.8 Å². The van der Waals surface area contributed by atoms with Gasteiger partial charge in [-0.25, -0.2) is 0 Å². The molecule has 2 heterocycles. The van der Waals surface area contributed by atoms with E-state index < -0.39 is 4.92 Å². The highest BCUT2D eigenvalue weighted by atomic mass is 35.5. The van der Waals surface area contributed by atoms with Gasteiger partial charge in [-0.3, -0.25) is 14.8 Å². The maximum Gasteiger partial charge on any atom is 0.269 e. The number of rotatable bonds is 4. The predicted molar refractivity (Wildman–Crippen MR) is 86.9 cm³/mol. The normalized spacial score (nSPS) is 12.3. The third-order valence-corrected chi connectivity index (χ3v) is 4.29. The first-order valence-electron chi connectivity index (χ1n) is 7.18. The molecular formula is C15H14ClN5O3. The Labute approximate surface area is 142 Å². The fourth-order valence-corrected chi connectivity index (χ4v) is 2.50. The first kappa shape index (κ1) is 16.1. The summed E-state index contributed by atoms with van der Waals surface area (Å²) < 4.78 is 7.05. The Balaban J connectivity index is 1.89. The monoisotopic (exact) mass is 347 g/mol. The van der Waals surface area contributed by atoms with Crippen molar-refractivity contribution < 1.29 is 9.45 Å². The van der Waals surface area contributed by atoms with E-state index in [9.17, 15) is 10.1 Å². The number of benzene rings is 1. The van der Waals surface area contributed by atoms with E-state index in [4.69, 9.17) is 16.1 Å². The van der Waals surface area contributed by atoms with Crippen molar-refractivity contribution >= 4 is 17.3 Å². The van der Waals surface area contributed by atoms with Crippen LogP contribution in [0.3, 0.4) is 0 Å². The zero-order valence-electron chi connectivity index (χ0n) is 13.2. The van der Waals surface area contributed by atoms with Gasteiger partial charge in [-0.2, -0.15) is 10.1 Å². The van der Waals surface area contributed by atoms with Crippen LogP contribution in [0.2, 0.25) is 5.02 Å². The number of aromatic nitrogens is 4. The van der Waals surface area contributed by atoms with Crippen LogP contribution < -0.4 is 0 Å². The highest BCUT2D eigenvalue weighted by Crippen LogP contribution is 2.27. The van der Waals surface area contributed by atoms with Gasteiger partial charge in [0.2, 0.25) is 5.82 Å². The summed E-state index contributed by atoms with van der Waals surface area (Å²) >= 11 is 6.17. The number of non-ortho nitro benzene ring substituents is 1.